The molecule has 0 bridgehead atoms. The molecule has 0 aliphatic rings. The Hall–Kier alpha value is -3.99. The molecular weight excluding hydrogens is 396 g/mol. The summed E-state index contributed by atoms with van der Waals surface area (Å²) in [5.41, 5.74) is 8.35. The first-order chi connectivity index (χ1) is 15.7. The van der Waals surface area contributed by atoms with E-state index in [-0.39, 0.29) is 0 Å². The number of anilines is 1. The number of hydrogen-bond acceptors (Lipinski definition) is 5. The predicted octanol–water partition coefficient (Wildman–Crippen LogP) is 5.91. The monoisotopic (exact) mass is 422 g/mol. The molecule has 0 atom stereocenters. The highest BCUT2D eigenvalue weighted by molar-refractivity contribution is 6.01. The van der Waals surface area contributed by atoms with E-state index < -0.39 is 0 Å². The third kappa shape index (κ3) is 5.58. The molecule has 4 aromatic rings. The van der Waals surface area contributed by atoms with Gasteiger partial charge < -0.3 is 4.74 Å². The Kier molecular flexibility index (Phi) is 6.88. The van der Waals surface area contributed by atoms with Gasteiger partial charge in [-0.25, -0.2) is 9.97 Å². The number of hydrogen-bond donors (Lipinski definition) is 1. The Morgan fingerprint density at radius 1 is 0.875 bits per heavy atom. The van der Waals surface area contributed by atoms with E-state index in [1.165, 1.54) is 5.56 Å². The van der Waals surface area contributed by atoms with Crippen LogP contribution in [0.1, 0.15) is 23.4 Å². The van der Waals surface area contributed by atoms with Crippen molar-refractivity contribution < 1.29 is 4.74 Å². The van der Waals surface area contributed by atoms with Crippen LogP contribution < -0.4 is 10.2 Å². The fourth-order valence-corrected chi connectivity index (χ4v) is 3.46. The number of methoxy groups -OCH3 is 1. The zero-order chi connectivity index (χ0) is 22.2. The summed E-state index contributed by atoms with van der Waals surface area (Å²) in [4.78, 5) is 9.09. The molecular formula is C27H26N4O. The fourth-order valence-electron chi connectivity index (χ4n) is 3.46. The van der Waals surface area contributed by atoms with Crippen LogP contribution in [0.25, 0.3) is 11.3 Å². The van der Waals surface area contributed by atoms with Crippen molar-refractivity contribution in [3.05, 3.63) is 108 Å². The minimum absolute atomic E-state index is 0.669. The molecule has 0 saturated heterocycles. The lowest BCUT2D eigenvalue weighted by Gasteiger charge is -2.10. The molecule has 0 aliphatic carbocycles. The van der Waals surface area contributed by atoms with Crippen LogP contribution in [0.3, 0.4) is 0 Å². The van der Waals surface area contributed by atoms with E-state index in [1.807, 2.05) is 73.7 Å². The van der Waals surface area contributed by atoms with Crippen LogP contribution in [-0.4, -0.2) is 22.8 Å². The highest BCUT2D eigenvalue weighted by atomic mass is 16.5. The van der Waals surface area contributed by atoms with Gasteiger partial charge in [-0.2, -0.15) is 5.10 Å². The molecule has 5 nitrogen and oxygen atoms in total. The third-order valence-electron chi connectivity index (χ3n) is 5.13. The smallest absolute Gasteiger partial charge is 0.150 e. The molecule has 32 heavy (non-hydrogen) atoms. The number of nitrogens with one attached hydrogen (secondary N) is 1. The molecule has 4 rings (SSSR count). The number of benzene rings is 3. The zero-order valence-electron chi connectivity index (χ0n) is 18.3. The topological polar surface area (TPSA) is 59.4 Å². The number of ether oxygens (including phenoxy) is 1. The molecule has 3 aromatic carbocycles. The Labute approximate surface area is 188 Å². The molecule has 0 amide bonds. The first kappa shape index (κ1) is 21.2. The van der Waals surface area contributed by atoms with Crippen molar-refractivity contribution >= 4 is 11.5 Å². The lowest BCUT2D eigenvalue weighted by atomic mass is 10.0. The largest absolute Gasteiger partial charge is 0.497 e. The standard InChI is InChI=1S/C27H26N4O/c1-20-28-26(22-11-7-4-8-12-22)19-27(29-20)31-30-25(18-13-21-9-5-3-6-10-21)23-14-16-24(32-2)17-15-23/h3-12,14-17,19H,13,18H2,1-2H3,(H,28,29,31)/b30-25+. The van der Waals surface area contributed by atoms with Gasteiger partial charge in [0.2, 0.25) is 0 Å². The van der Waals surface area contributed by atoms with Crippen molar-refractivity contribution in [1.82, 2.24) is 9.97 Å². The molecule has 0 unspecified atom stereocenters. The van der Waals surface area contributed by atoms with Crippen molar-refractivity contribution in [3.8, 4) is 17.0 Å². The van der Waals surface area contributed by atoms with Crippen LogP contribution in [0.15, 0.2) is 96.1 Å². The molecule has 0 radical (unpaired) electrons. The lowest BCUT2D eigenvalue weighted by Crippen LogP contribution is -2.08. The normalized spacial score (nSPS) is 11.2. The van der Waals surface area contributed by atoms with Gasteiger partial charge in [0.05, 0.1) is 18.5 Å². The van der Waals surface area contributed by atoms with Crippen LogP contribution in [0.2, 0.25) is 0 Å². The van der Waals surface area contributed by atoms with Gasteiger partial charge in [-0.1, -0.05) is 60.7 Å². The van der Waals surface area contributed by atoms with Gasteiger partial charge in [0.15, 0.2) is 0 Å². The van der Waals surface area contributed by atoms with Gasteiger partial charge in [-0.3, -0.25) is 5.43 Å². The lowest BCUT2D eigenvalue weighted by molar-refractivity contribution is 0.415. The summed E-state index contributed by atoms with van der Waals surface area (Å²) in [7, 11) is 1.67. The number of nitrogens with zero attached hydrogens (tertiary/aromatic N) is 3. The highest BCUT2D eigenvalue weighted by Gasteiger charge is 2.08. The average Bonchev–Trinajstić information content (AvgIpc) is 2.85. The van der Waals surface area contributed by atoms with E-state index in [0.29, 0.717) is 11.6 Å². The zero-order valence-corrected chi connectivity index (χ0v) is 18.3. The Morgan fingerprint density at radius 3 is 2.25 bits per heavy atom. The first-order valence-electron chi connectivity index (χ1n) is 10.6. The van der Waals surface area contributed by atoms with Gasteiger partial charge >= 0.3 is 0 Å². The minimum Gasteiger partial charge on any atom is -0.497 e. The Balaban J connectivity index is 1.60. The van der Waals surface area contributed by atoms with Gasteiger partial charge in [0.25, 0.3) is 0 Å². The summed E-state index contributed by atoms with van der Waals surface area (Å²) in [6, 6.07) is 30.4. The SMILES string of the molecule is COc1ccc(/C(CCc2ccccc2)=N/Nc2cc(-c3ccccc3)nc(C)n2)cc1. The number of aromatic nitrogens is 2. The van der Waals surface area contributed by atoms with E-state index in [1.54, 1.807) is 7.11 Å². The molecule has 1 N–H and O–H groups in total. The number of rotatable bonds is 8. The van der Waals surface area contributed by atoms with E-state index in [0.717, 1.165) is 41.1 Å². The minimum atomic E-state index is 0.669. The second-order valence-corrected chi connectivity index (χ2v) is 7.44. The van der Waals surface area contributed by atoms with Crippen molar-refractivity contribution in [1.29, 1.82) is 0 Å². The number of hydrazone groups is 1. The van der Waals surface area contributed by atoms with Crippen LogP contribution in [0, 0.1) is 6.92 Å². The maximum atomic E-state index is 5.30. The Morgan fingerprint density at radius 2 is 1.56 bits per heavy atom. The third-order valence-corrected chi connectivity index (χ3v) is 5.13. The molecule has 5 heteroatoms. The number of aryl methyl sites for hydroxylation is 2. The maximum absolute atomic E-state index is 5.30. The van der Waals surface area contributed by atoms with Crippen molar-refractivity contribution in [2.75, 3.05) is 12.5 Å². The van der Waals surface area contributed by atoms with E-state index in [9.17, 15) is 0 Å². The van der Waals surface area contributed by atoms with Crippen molar-refractivity contribution in [3.63, 3.8) is 0 Å². The summed E-state index contributed by atoms with van der Waals surface area (Å²) in [5, 5.41) is 4.75. The van der Waals surface area contributed by atoms with Gasteiger partial charge in [0, 0.05) is 11.6 Å². The van der Waals surface area contributed by atoms with E-state index >= 15 is 0 Å². The highest BCUT2D eigenvalue weighted by Crippen LogP contribution is 2.20. The van der Waals surface area contributed by atoms with E-state index in [4.69, 9.17) is 9.84 Å². The van der Waals surface area contributed by atoms with Crippen molar-refractivity contribution in [2.24, 2.45) is 5.10 Å². The summed E-state index contributed by atoms with van der Waals surface area (Å²) in [6.07, 6.45) is 1.68. The summed E-state index contributed by atoms with van der Waals surface area (Å²) >= 11 is 0. The second-order valence-electron chi connectivity index (χ2n) is 7.44. The molecule has 0 aliphatic heterocycles. The van der Waals surface area contributed by atoms with Gasteiger partial charge in [-0.05, 0) is 55.2 Å². The molecule has 0 fully saturated rings. The average molecular weight is 423 g/mol. The van der Waals surface area contributed by atoms with Crippen molar-refractivity contribution in [2.45, 2.75) is 19.8 Å². The summed E-state index contributed by atoms with van der Waals surface area (Å²) in [6.45, 7) is 1.89. The maximum Gasteiger partial charge on any atom is 0.150 e. The molecule has 1 heterocycles. The molecule has 0 saturated carbocycles. The fraction of sp³-hybridized carbons (Fsp3) is 0.148. The van der Waals surface area contributed by atoms with E-state index in [2.05, 4.69) is 39.7 Å². The quantitative estimate of drug-likeness (QED) is 0.283. The van der Waals surface area contributed by atoms with Crippen LogP contribution >= 0.6 is 0 Å². The Bertz CT molecular complexity index is 1170. The second kappa shape index (κ2) is 10.4. The van der Waals surface area contributed by atoms with Crippen LogP contribution in [0.5, 0.6) is 5.75 Å². The summed E-state index contributed by atoms with van der Waals surface area (Å²) < 4.78 is 5.30. The summed E-state index contributed by atoms with van der Waals surface area (Å²) in [5.74, 6) is 2.18. The van der Waals surface area contributed by atoms with Gasteiger partial charge in [0.1, 0.15) is 17.4 Å². The van der Waals surface area contributed by atoms with Crippen LogP contribution in [-0.2, 0) is 6.42 Å². The molecule has 0 spiro atoms. The molecule has 1 aromatic heterocycles. The molecule has 160 valence electrons. The van der Waals surface area contributed by atoms with Gasteiger partial charge in [-0.15, -0.1) is 0 Å². The van der Waals surface area contributed by atoms with Crippen LogP contribution in [0.4, 0.5) is 5.82 Å². The first-order valence-corrected chi connectivity index (χ1v) is 10.6. The predicted molar refractivity (Wildman–Crippen MR) is 130 cm³/mol.